The van der Waals surface area contributed by atoms with Crippen LogP contribution >= 0.6 is 0 Å². The lowest BCUT2D eigenvalue weighted by Gasteiger charge is -2.14. The summed E-state index contributed by atoms with van der Waals surface area (Å²) in [6.45, 7) is 6.46. The molecule has 0 aliphatic carbocycles. The summed E-state index contributed by atoms with van der Waals surface area (Å²) in [6.07, 6.45) is 11.6. The van der Waals surface area contributed by atoms with Crippen LogP contribution in [-0.4, -0.2) is 28.4 Å². The third-order valence-electron chi connectivity index (χ3n) is 5.28. The molecule has 0 amide bonds. The average Bonchev–Trinajstić information content (AvgIpc) is 2.80. The molecule has 172 valence electrons. The van der Waals surface area contributed by atoms with E-state index in [1.807, 2.05) is 30.3 Å². The normalized spacial score (nSPS) is 11.4. The Kier molecular flexibility index (Phi) is 9.93. The zero-order chi connectivity index (χ0) is 23.5. The van der Waals surface area contributed by atoms with E-state index in [1.54, 1.807) is 28.4 Å². The molecule has 0 N–H and O–H groups in total. The van der Waals surface area contributed by atoms with Crippen molar-refractivity contribution in [3.63, 3.8) is 0 Å². The van der Waals surface area contributed by atoms with Gasteiger partial charge in [-0.3, -0.25) is 0 Å². The van der Waals surface area contributed by atoms with Gasteiger partial charge in [0, 0.05) is 11.6 Å². The number of methoxy groups -OCH3 is 4. The Balaban J connectivity index is 2.36. The maximum absolute atomic E-state index is 5.70. The maximum atomic E-state index is 5.70. The van der Waals surface area contributed by atoms with Crippen LogP contribution in [0.2, 0.25) is 0 Å². The molecule has 0 atom stereocenters. The SMILES string of the molecule is COc1cc(/C=C/c2ccc(OC)c(OC)c2)c(C/C=C(\C)CCC=C(C)C)c(OC)c1. The standard InChI is InChI=1S/C28H36O4/c1-20(2)9-8-10-21(3)11-15-25-23(18-24(29-4)19-27(25)31-6)14-12-22-13-16-26(30-5)28(17-22)32-7/h9,11-14,16-19H,8,10,15H2,1-7H3/b14-12+,21-11+. The van der Waals surface area contributed by atoms with Crippen LogP contribution in [0.3, 0.4) is 0 Å². The van der Waals surface area contributed by atoms with Crippen LogP contribution < -0.4 is 18.9 Å². The van der Waals surface area contributed by atoms with Gasteiger partial charge in [-0.2, -0.15) is 0 Å². The average molecular weight is 437 g/mol. The van der Waals surface area contributed by atoms with Crippen molar-refractivity contribution in [3.05, 3.63) is 70.3 Å². The van der Waals surface area contributed by atoms with Gasteiger partial charge in [0.15, 0.2) is 11.5 Å². The van der Waals surface area contributed by atoms with Crippen LogP contribution in [0.25, 0.3) is 12.2 Å². The lowest BCUT2D eigenvalue weighted by molar-refractivity contribution is 0.355. The molecule has 4 nitrogen and oxygen atoms in total. The van der Waals surface area contributed by atoms with Crippen molar-refractivity contribution in [1.29, 1.82) is 0 Å². The van der Waals surface area contributed by atoms with Crippen molar-refractivity contribution in [2.75, 3.05) is 28.4 Å². The number of benzene rings is 2. The van der Waals surface area contributed by atoms with Crippen molar-refractivity contribution in [3.8, 4) is 23.0 Å². The Bertz CT molecular complexity index is 979. The van der Waals surface area contributed by atoms with E-state index in [0.717, 1.165) is 47.5 Å². The van der Waals surface area contributed by atoms with E-state index >= 15 is 0 Å². The second-order valence-electron chi connectivity index (χ2n) is 7.92. The lowest BCUT2D eigenvalue weighted by atomic mass is 9.99. The molecule has 2 aromatic rings. The first-order valence-electron chi connectivity index (χ1n) is 10.9. The first-order valence-corrected chi connectivity index (χ1v) is 10.9. The highest BCUT2D eigenvalue weighted by Crippen LogP contribution is 2.32. The van der Waals surface area contributed by atoms with Gasteiger partial charge in [0.05, 0.1) is 28.4 Å². The summed E-state index contributed by atoms with van der Waals surface area (Å²) in [5.41, 5.74) is 5.94. The van der Waals surface area contributed by atoms with Gasteiger partial charge in [-0.15, -0.1) is 0 Å². The quantitative estimate of drug-likeness (QED) is 0.277. The molecule has 0 saturated heterocycles. The van der Waals surface area contributed by atoms with E-state index in [1.165, 1.54) is 11.1 Å². The highest BCUT2D eigenvalue weighted by Gasteiger charge is 2.10. The third kappa shape index (κ3) is 7.23. The molecule has 2 aromatic carbocycles. The highest BCUT2D eigenvalue weighted by molar-refractivity contribution is 5.74. The Morgan fingerprint density at radius 3 is 2.09 bits per heavy atom. The molecule has 0 aromatic heterocycles. The molecule has 0 unspecified atom stereocenters. The van der Waals surface area contributed by atoms with Crippen LogP contribution in [0.15, 0.2) is 53.6 Å². The van der Waals surface area contributed by atoms with Gasteiger partial charge in [0.2, 0.25) is 0 Å². The Hall–Kier alpha value is -3.14. The fraction of sp³-hybridized carbons (Fsp3) is 0.357. The van der Waals surface area contributed by atoms with Crippen molar-refractivity contribution in [2.24, 2.45) is 0 Å². The molecule has 2 rings (SSSR count). The molecule has 0 bridgehead atoms. The minimum atomic E-state index is 0.702. The number of hydrogen-bond acceptors (Lipinski definition) is 4. The number of ether oxygens (including phenoxy) is 4. The summed E-state index contributed by atoms with van der Waals surface area (Å²) in [4.78, 5) is 0. The molecule has 0 saturated carbocycles. The summed E-state index contributed by atoms with van der Waals surface area (Å²) in [6, 6.07) is 9.85. The largest absolute Gasteiger partial charge is 0.497 e. The lowest BCUT2D eigenvalue weighted by Crippen LogP contribution is -1.97. The molecular formula is C28H36O4. The third-order valence-corrected chi connectivity index (χ3v) is 5.28. The Labute approximate surface area is 193 Å². The number of hydrogen-bond donors (Lipinski definition) is 0. The van der Waals surface area contributed by atoms with Crippen molar-refractivity contribution < 1.29 is 18.9 Å². The molecule has 0 fully saturated rings. The zero-order valence-electron chi connectivity index (χ0n) is 20.5. The zero-order valence-corrected chi connectivity index (χ0v) is 20.5. The summed E-state index contributed by atoms with van der Waals surface area (Å²) < 4.78 is 22.0. The summed E-state index contributed by atoms with van der Waals surface area (Å²) in [5.74, 6) is 3.00. The highest BCUT2D eigenvalue weighted by atomic mass is 16.5. The van der Waals surface area contributed by atoms with Gasteiger partial charge in [-0.25, -0.2) is 0 Å². The molecule has 0 radical (unpaired) electrons. The van der Waals surface area contributed by atoms with Crippen LogP contribution in [0.4, 0.5) is 0 Å². The minimum absolute atomic E-state index is 0.702. The summed E-state index contributed by atoms with van der Waals surface area (Å²) in [7, 11) is 6.65. The molecule has 4 heteroatoms. The summed E-state index contributed by atoms with van der Waals surface area (Å²) >= 11 is 0. The Morgan fingerprint density at radius 2 is 1.47 bits per heavy atom. The topological polar surface area (TPSA) is 36.9 Å². The maximum Gasteiger partial charge on any atom is 0.161 e. The molecule has 0 spiro atoms. The van der Waals surface area contributed by atoms with E-state index in [-0.39, 0.29) is 0 Å². The van der Waals surface area contributed by atoms with Crippen LogP contribution in [0.1, 0.15) is 50.3 Å². The molecule has 0 heterocycles. The fourth-order valence-electron chi connectivity index (χ4n) is 3.42. The molecular weight excluding hydrogens is 400 g/mol. The van der Waals surface area contributed by atoms with Gasteiger partial charge in [-0.05, 0) is 69.4 Å². The number of allylic oxidation sites excluding steroid dienone is 4. The van der Waals surface area contributed by atoms with Gasteiger partial charge in [-0.1, -0.05) is 41.5 Å². The Morgan fingerprint density at radius 1 is 0.750 bits per heavy atom. The van der Waals surface area contributed by atoms with E-state index in [4.69, 9.17) is 18.9 Å². The van der Waals surface area contributed by atoms with E-state index in [0.29, 0.717) is 11.5 Å². The first-order chi connectivity index (χ1) is 15.4. The second kappa shape index (κ2) is 12.7. The smallest absolute Gasteiger partial charge is 0.161 e. The minimum Gasteiger partial charge on any atom is -0.497 e. The number of rotatable bonds is 11. The van der Waals surface area contributed by atoms with Gasteiger partial charge < -0.3 is 18.9 Å². The van der Waals surface area contributed by atoms with Gasteiger partial charge >= 0.3 is 0 Å². The van der Waals surface area contributed by atoms with Crippen molar-refractivity contribution in [1.82, 2.24) is 0 Å². The van der Waals surface area contributed by atoms with Crippen LogP contribution in [0.5, 0.6) is 23.0 Å². The van der Waals surface area contributed by atoms with E-state index in [9.17, 15) is 0 Å². The van der Waals surface area contributed by atoms with E-state index < -0.39 is 0 Å². The van der Waals surface area contributed by atoms with Crippen LogP contribution in [-0.2, 0) is 6.42 Å². The first kappa shape index (κ1) is 25.1. The van der Waals surface area contributed by atoms with Crippen LogP contribution in [0, 0.1) is 0 Å². The monoisotopic (exact) mass is 436 g/mol. The van der Waals surface area contributed by atoms with Crippen molar-refractivity contribution >= 4 is 12.2 Å². The summed E-state index contributed by atoms with van der Waals surface area (Å²) in [5, 5.41) is 0. The molecule has 0 aliphatic heterocycles. The van der Waals surface area contributed by atoms with E-state index in [2.05, 4.69) is 45.1 Å². The second-order valence-corrected chi connectivity index (χ2v) is 7.92. The predicted octanol–water partition coefficient (Wildman–Crippen LogP) is 7.13. The predicted molar refractivity (Wildman–Crippen MR) is 134 cm³/mol. The molecule has 0 aliphatic rings. The van der Waals surface area contributed by atoms with Gasteiger partial charge in [0.25, 0.3) is 0 Å². The van der Waals surface area contributed by atoms with Crippen molar-refractivity contribution in [2.45, 2.75) is 40.0 Å². The molecule has 32 heavy (non-hydrogen) atoms. The fourth-order valence-corrected chi connectivity index (χ4v) is 3.42. The van der Waals surface area contributed by atoms with Gasteiger partial charge in [0.1, 0.15) is 11.5 Å².